The highest BCUT2D eigenvalue weighted by atomic mass is 16.5. The minimum atomic E-state index is 0.0112. The fraction of sp³-hybridized carbons (Fsp3) is 0.412. The lowest BCUT2D eigenvalue weighted by Crippen LogP contribution is -2.32. The van der Waals surface area contributed by atoms with Gasteiger partial charge in [-0.15, -0.1) is 0 Å². The molecule has 0 spiro atoms. The molecule has 7 heteroatoms. The first-order valence-electron chi connectivity index (χ1n) is 8.13. The number of amides is 1. The molecule has 0 bridgehead atoms. The van der Waals surface area contributed by atoms with E-state index in [9.17, 15) is 4.79 Å². The van der Waals surface area contributed by atoms with Crippen molar-refractivity contribution in [2.45, 2.75) is 40.2 Å². The highest BCUT2D eigenvalue weighted by Crippen LogP contribution is 2.13. The average Bonchev–Trinajstić information content (AvgIpc) is 3.20. The number of hydrogen-bond donors (Lipinski definition) is 0. The number of likely N-dealkylation sites (N-methyl/N-ethyl adjacent to an activating group) is 1. The summed E-state index contributed by atoms with van der Waals surface area (Å²) in [4.78, 5) is 23.0. The van der Waals surface area contributed by atoms with E-state index >= 15 is 0 Å². The highest BCUT2D eigenvalue weighted by Gasteiger charge is 2.18. The van der Waals surface area contributed by atoms with Crippen LogP contribution in [0.4, 0.5) is 0 Å². The van der Waals surface area contributed by atoms with E-state index in [1.165, 1.54) is 0 Å². The van der Waals surface area contributed by atoms with Crippen LogP contribution in [0.15, 0.2) is 29.0 Å². The Labute approximate surface area is 140 Å². The summed E-state index contributed by atoms with van der Waals surface area (Å²) < 4.78 is 7.15. The van der Waals surface area contributed by atoms with Gasteiger partial charge in [-0.05, 0) is 25.5 Å². The highest BCUT2D eigenvalue weighted by molar-refractivity contribution is 5.78. The molecule has 7 nitrogen and oxygen atoms in total. The number of aromatic nitrogens is 4. The number of fused-ring (bicyclic) bond motifs is 1. The third kappa shape index (κ3) is 3.15. The summed E-state index contributed by atoms with van der Waals surface area (Å²) in [6.45, 7) is 6.82. The zero-order chi connectivity index (χ0) is 17.1. The van der Waals surface area contributed by atoms with Gasteiger partial charge in [0.1, 0.15) is 5.65 Å². The van der Waals surface area contributed by atoms with Gasteiger partial charge in [-0.25, -0.2) is 4.98 Å². The van der Waals surface area contributed by atoms with Crippen LogP contribution in [-0.4, -0.2) is 36.9 Å². The van der Waals surface area contributed by atoms with E-state index in [2.05, 4.69) is 15.1 Å². The van der Waals surface area contributed by atoms with Gasteiger partial charge in [-0.1, -0.05) is 18.1 Å². The lowest BCUT2D eigenvalue weighted by Gasteiger charge is -2.18. The maximum Gasteiger partial charge on any atom is 0.246 e. The first kappa shape index (κ1) is 16.2. The molecule has 0 aromatic carbocycles. The molecule has 0 unspecified atom stereocenters. The molecule has 3 rings (SSSR count). The second-order valence-corrected chi connectivity index (χ2v) is 5.68. The molecule has 0 saturated heterocycles. The monoisotopic (exact) mass is 327 g/mol. The van der Waals surface area contributed by atoms with Crippen LogP contribution < -0.4 is 0 Å². The first-order valence-corrected chi connectivity index (χ1v) is 8.13. The summed E-state index contributed by atoms with van der Waals surface area (Å²) in [7, 11) is 0. The van der Waals surface area contributed by atoms with Crippen LogP contribution in [0.25, 0.3) is 5.65 Å². The summed E-state index contributed by atoms with van der Waals surface area (Å²) in [5.74, 6) is 1.14. The second kappa shape index (κ2) is 6.82. The lowest BCUT2D eigenvalue weighted by atomic mass is 10.2. The van der Waals surface area contributed by atoms with Crippen molar-refractivity contribution < 1.29 is 9.32 Å². The smallest absolute Gasteiger partial charge is 0.246 e. The number of pyridine rings is 1. The number of imidazole rings is 1. The maximum atomic E-state index is 12.6. The SMILES string of the molecule is CCc1noc(CN(CC)C(=O)Cc2cnc3c(C)cccn23)n1. The molecule has 0 fully saturated rings. The van der Waals surface area contributed by atoms with Crippen LogP contribution in [-0.2, 0) is 24.2 Å². The zero-order valence-corrected chi connectivity index (χ0v) is 14.2. The second-order valence-electron chi connectivity index (χ2n) is 5.68. The van der Waals surface area contributed by atoms with Crippen molar-refractivity contribution in [3.05, 3.63) is 47.5 Å². The Kier molecular flexibility index (Phi) is 4.59. The quantitative estimate of drug-likeness (QED) is 0.693. The lowest BCUT2D eigenvalue weighted by molar-refractivity contribution is -0.131. The summed E-state index contributed by atoms with van der Waals surface area (Å²) in [5.41, 5.74) is 2.84. The van der Waals surface area contributed by atoms with Gasteiger partial charge in [0, 0.05) is 25.4 Å². The molecule has 3 heterocycles. The summed E-state index contributed by atoms with van der Waals surface area (Å²) in [6, 6.07) is 3.97. The van der Waals surface area contributed by atoms with Crippen molar-refractivity contribution in [2.24, 2.45) is 0 Å². The van der Waals surface area contributed by atoms with Crippen molar-refractivity contribution in [1.82, 2.24) is 24.4 Å². The maximum absolute atomic E-state index is 12.6. The summed E-state index contributed by atoms with van der Waals surface area (Å²) in [6.07, 6.45) is 4.69. The Morgan fingerprint density at radius 3 is 2.92 bits per heavy atom. The van der Waals surface area contributed by atoms with Gasteiger partial charge in [-0.3, -0.25) is 4.79 Å². The Balaban J connectivity index is 1.75. The first-order chi connectivity index (χ1) is 11.6. The van der Waals surface area contributed by atoms with E-state index in [4.69, 9.17) is 4.52 Å². The molecule has 3 aromatic heterocycles. The Morgan fingerprint density at radius 1 is 1.38 bits per heavy atom. The van der Waals surface area contributed by atoms with Crippen LogP contribution in [0.2, 0.25) is 0 Å². The molecule has 0 aliphatic carbocycles. The fourth-order valence-corrected chi connectivity index (χ4v) is 2.64. The predicted octanol–water partition coefficient (Wildman–Crippen LogP) is 2.18. The van der Waals surface area contributed by atoms with Crippen LogP contribution >= 0.6 is 0 Å². The Bertz CT molecular complexity index is 852. The van der Waals surface area contributed by atoms with Gasteiger partial charge in [-0.2, -0.15) is 4.98 Å². The van der Waals surface area contributed by atoms with Crippen molar-refractivity contribution in [1.29, 1.82) is 0 Å². The Morgan fingerprint density at radius 2 is 2.21 bits per heavy atom. The third-order valence-electron chi connectivity index (χ3n) is 4.03. The van der Waals surface area contributed by atoms with Crippen molar-refractivity contribution in [3.8, 4) is 0 Å². The van der Waals surface area contributed by atoms with E-state index in [1.807, 2.05) is 43.5 Å². The van der Waals surface area contributed by atoms with E-state index in [0.717, 1.165) is 16.9 Å². The van der Waals surface area contributed by atoms with Gasteiger partial charge >= 0.3 is 0 Å². The minimum absolute atomic E-state index is 0.0112. The van der Waals surface area contributed by atoms with E-state index in [-0.39, 0.29) is 12.3 Å². The molecule has 1 amide bonds. The topological polar surface area (TPSA) is 76.5 Å². The van der Waals surface area contributed by atoms with Gasteiger partial charge in [0.15, 0.2) is 5.82 Å². The molecule has 0 saturated carbocycles. The largest absolute Gasteiger partial charge is 0.337 e. The molecular formula is C17H21N5O2. The van der Waals surface area contributed by atoms with Gasteiger partial charge in [0.2, 0.25) is 11.8 Å². The molecular weight excluding hydrogens is 306 g/mol. The molecule has 0 radical (unpaired) electrons. The zero-order valence-electron chi connectivity index (χ0n) is 14.2. The predicted molar refractivity (Wildman–Crippen MR) is 88.4 cm³/mol. The van der Waals surface area contributed by atoms with E-state index in [1.54, 1.807) is 11.1 Å². The van der Waals surface area contributed by atoms with Crippen molar-refractivity contribution in [3.63, 3.8) is 0 Å². The van der Waals surface area contributed by atoms with E-state index < -0.39 is 0 Å². The number of carbonyl (C=O) groups excluding carboxylic acids is 1. The van der Waals surface area contributed by atoms with Crippen LogP contribution in [0.1, 0.15) is 36.8 Å². The standard InChI is InChI=1S/C17H21N5O2/c1-4-14-19-15(24-20-14)11-21(5-2)16(23)9-13-10-18-17-12(3)7-6-8-22(13)17/h6-8,10H,4-5,9,11H2,1-3H3. The van der Waals surface area contributed by atoms with Gasteiger partial charge in [0.05, 0.1) is 18.7 Å². The van der Waals surface area contributed by atoms with Crippen molar-refractivity contribution >= 4 is 11.6 Å². The molecule has 126 valence electrons. The minimum Gasteiger partial charge on any atom is -0.337 e. The molecule has 24 heavy (non-hydrogen) atoms. The van der Waals surface area contributed by atoms with Crippen LogP contribution in [0.3, 0.4) is 0 Å². The van der Waals surface area contributed by atoms with Gasteiger partial charge < -0.3 is 13.8 Å². The van der Waals surface area contributed by atoms with Gasteiger partial charge in [0.25, 0.3) is 0 Å². The number of hydrogen-bond acceptors (Lipinski definition) is 5. The van der Waals surface area contributed by atoms with Crippen molar-refractivity contribution in [2.75, 3.05) is 6.54 Å². The molecule has 0 aliphatic rings. The third-order valence-corrected chi connectivity index (χ3v) is 4.03. The number of carbonyl (C=O) groups is 1. The fourth-order valence-electron chi connectivity index (χ4n) is 2.64. The average molecular weight is 327 g/mol. The summed E-state index contributed by atoms with van der Waals surface area (Å²) in [5, 5.41) is 3.87. The number of nitrogens with zero attached hydrogens (tertiary/aromatic N) is 5. The molecule has 0 N–H and O–H groups in total. The summed E-state index contributed by atoms with van der Waals surface area (Å²) >= 11 is 0. The molecule has 3 aromatic rings. The molecule has 0 atom stereocenters. The van der Waals surface area contributed by atoms with Crippen LogP contribution in [0.5, 0.6) is 0 Å². The Hall–Kier alpha value is -2.70. The molecule has 0 aliphatic heterocycles. The van der Waals surface area contributed by atoms with E-state index in [0.29, 0.717) is 31.2 Å². The normalized spacial score (nSPS) is 11.1. The number of aryl methyl sites for hydroxylation is 2. The number of rotatable bonds is 6. The van der Waals surface area contributed by atoms with Crippen LogP contribution in [0, 0.1) is 6.92 Å².